The third-order valence-electron chi connectivity index (χ3n) is 6.00. The Morgan fingerprint density at radius 2 is 1.25 bits per heavy atom. The minimum Gasteiger partial charge on any atom is -0.754 e. The van der Waals surface area contributed by atoms with E-state index in [0.29, 0.717) is 23.0 Å². The van der Waals surface area contributed by atoms with Gasteiger partial charge in [-0.3, -0.25) is 0 Å². The van der Waals surface area contributed by atoms with Gasteiger partial charge in [0.1, 0.15) is 0 Å². The molecule has 0 fully saturated rings. The van der Waals surface area contributed by atoms with Crippen molar-refractivity contribution in [2.45, 2.75) is 129 Å². The van der Waals surface area contributed by atoms with Crippen LogP contribution in [0.1, 0.15) is 129 Å². The summed E-state index contributed by atoms with van der Waals surface area (Å²) in [7, 11) is 0. The maximum absolute atomic E-state index is 12.1. The van der Waals surface area contributed by atoms with Crippen LogP contribution in [-0.4, -0.2) is 18.1 Å². The number of nitrogens with zero attached hydrogens (tertiary/aromatic N) is 2. The summed E-state index contributed by atoms with van der Waals surface area (Å²) in [4.78, 5) is 4.00. The highest BCUT2D eigenvalue weighted by molar-refractivity contribution is 5.36. The van der Waals surface area contributed by atoms with Gasteiger partial charge in [0.15, 0.2) is 0 Å². The Morgan fingerprint density at radius 3 is 1.75 bits per heavy atom. The summed E-state index contributed by atoms with van der Waals surface area (Å²) in [6.45, 7) is 5.73. The zero-order chi connectivity index (χ0) is 23.3. The van der Waals surface area contributed by atoms with Gasteiger partial charge in [0.05, 0.1) is 12.7 Å². The van der Waals surface area contributed by atoms with Crippen LogP contribution in [0.4, 0.5) is 11.8 Å². The van der Waals surface area contributed by atoms with E-state index in [9.17, 15) is 5.21 Å². The summed E-state index contributed by atoms with van der Waals surface area (Å²) in [5.41, 5.74) is 5.71. The first-order chi connectivity index (χ1) is 15.7. The zero-order valence-electron chi connectivity index (χ0n) is 21.0. The monoisotopic (exact) mass is 450 g/mol. The summed E-state index contributed by atoms with van der Waals surface area (Å²) >= 11 is 0. The van der Waals surface area contributed by atoms with Crippen LogP contribution in [0.25, 0.3) is 0 Å². The summed E-state index contributed by atoms with van der Waals surface area (Å²) in [5, 5.41) is 15.2. The third kappa shape index (κ3) is 14.4. The van der Waals surface area contributed by atoms with Gasteiger partial charge < -0.3 is 21.0 Å². The van der Waals surface area contributed by atoms with Crippen molar-refractivity contribution < 1.29 is 9.47 Å². The molecular weight excluding hydrogens is 400 g/mol. The molecule has 0 saturated heterocycles. The number of nitrogen functional groups attached to an aromatic ring is 1. The minimum atomic E-state index is -0.0755. The summed E-state index contributed by atoms with van der Waals surface area (Å²) in [6, 6.07) is 1.64. The Morgan fingerprint density at radius 1 is 0.781 bits per heavy atom. The van der Waals surface area contributed by atoms with E-state index in [1.807, 2.05) is 0 Å². The topological polar surface area (TPSA) is 87.1 Å². The second-order valence-corrected chi connectivity index (χ2v) is 9.06. The highest BCUT2D eigenvalue weighted by Gasteiger charge is 2.11. The molecule has 0 aliphatic heterocycles. The van der Waals surface area contributed by atoms with E-state index >= 15 is 0 Å². The number of nitrogens with two attached hydrogens (primary N) is 1. The molecule has 1 rings (SSSR count). The minimum absolute atomic E-state index is 0.0755. The molecule has 1 aromatic heterocycles. The van der Waals surface area contributed by atoms with Gasteiger partial charge in [-0.1, -0.05) is 122 Å². The Bertz CT molecular complexity index is 569. The van der Waals surface area contributed by atoms with Gasteiger partial charge in [-0.25, -0.2) is 4.73 Å². The van der Waals surface area contributed by atoms with Crippen molar-refractivity contribution >= 4 is 11.8 Å². The lowest BCUT2D eigenvalue weighted by atomic mass is 10.0. The SMILES string of the molecule is CCCCCCCCCCCCCCCCCCNc1cc(OCCCC)nc(N)[n+]1[O-]. The van der Waals surface area contributed by atoms with E-state index in [1.165, 1.54) is 96.3 Å². The average Bonchev–Trinajstić information content (AvgIpc) is 2.79. The van der Waals surface area contributed by atoms with Crippen LogP contribution in [0, 0.1) is 5.21 Å². The second-order valence-electron chi connectivity index (χ2n) is 9.06. The smallest absolute Gasteiger partial charge is 0.347 e. The number of nitrogens with one attached hydrogen (secondary N) is 1. The molecule has 186 valence electrons. The number of hydrogen-bond acceptors (Lipinski definition) is 5. The third-order valence-corrected chi connectivity index (χ3v) is 6.00. The maximum Gasteiger partial charge on any atom is 0.347 e. The molecule has 0 spiro atoms. The average molecular weight is 451 g/mol. The molecule has 6 nitrogen and oxygen atoms in total. The first-order valence-electron chi connectivity index (χ1n) is 13.5. The molecule has 0 unspecified atom stereocenters. The van der Waals surface area contributed by atoms with Crippen molar-refractivity contribution in [1.82, 2.24) is 4.98 Å². The van der Waals surface area contributed by atoms with Crippen LogP contribution < -0.4 is 20.5 Å². The van der Waals surface area contributed by atoms with Gasteiger partial charge in [-0.05, 0) is 12.8 Å². The molecule has 0 saturated carbocycles. The molecule has 0 radical (unpaired) electrons. The molecule has 3 N–H and O–H groups in total. The number of ether oxygens (including phenoxy) is 1. The fourth-order valence-electron chi connectivity index (χ4n) is 3.90. The van der Waals surface area contributed by atoms with Crippen molar-refractivity contribution in [2.75, 3.05) is 24.2 Å². The van der Waals surface area contributed by atoms with Crippen LogP contribution in [0.3, 0.4) is 0 Å². The van der Waals surface area contributed by atoms with Gasteiger partial charge in [-0.2, -0.15) is 0 Å². The van der Waals surface area contributed by atoms with E-state index in [4.69, 9.17) is 10.5 Å². The Hall–Kier alpha value is -1.72. The number of unbranched alkanes of at least 4 members (excludes halogenated alkanes) is 16. The van der Waals surface area contributed by atoms with Crippen molar-refractivity contribution in [3.05, 3.63) is 11.3 Å². The highest BCUT2D eigenvalue weighted by Crippen LogP contribution is 2.15. The van der Waals surface area contributed by atoms with Gasteiger partial charge in [0.25, 0.3) is 5.88 Å². The van der Waals surface area contributed by atoms with Crippen LogP contribution in [0.2, 0.25) is 0 Å². The number of anilines is 2. The van der Waals surface area contributed by atoms with E-state index < -0.39 is 0 Å². The molecule has 0 aliphatic rings. The lowest BCUT2D eigenvalue weighted by Gasteiger charge is -2.14. The summed E-state index contributed by atoms with van der Waals surface area (Å²) in [6.07, 6.45) is 23.7. The first-order valence-corrected chi connectivity index (χ1v) is 13.5. The van der Waals surface area contributed by atoms with Crippen molar-refractivity contribution in [3.8, 4) is 5.88 Å². The number of hydrogen-bond donors (Lipinski definition) is 2. The van der Waals surface area contributed by atoms with E-state index in [-0.39, 0.29) is 5.95 Å². The van der Waals surface area contributed by atoms with Gasteiger partial charge >= 0.3 is 5.95 Å². The number of aromatic nitrogens is 2. The first kappa shape index (κ1) is 28.3. The van der Waals surface area contributed by atoms with Crippen molar-refractivity contribution in [1.29, 1.82) is 0 Å². The van der Waals surface area contributed by atoms with Gasteiger partial charge in [0, 0.05) is 6.54 Å². The molecule has 0 amide bonds. The van der Waals surface area contributed by atoms with Crippen molar-refractivity contribution in [3.63, 3.8) is 0 Å². The Labute approximate surface area is 197 Å². The molecule has 6 heteroatoms. The standard InChI is InChI=1S/C26H50N4O2/c1-3-5-7-8-9-10-11-12-13-14-15-16-17-18-19-20-21-28-24-23-25(32-22-6-4-2)29-26(27)30(24)31/h23,28H,3-22H2,1-2H3,(H2,27,29). The molecule has 0 aromatic carbocycles. The fraction of sp³-hybridized carbons (Fsp3) is 0.846. The largest absolute Gasteiger partial charge is 0.754 e. The molecular formula is C26H50N4O2. The highest BCUT2D eigenvalue weighted by atomic mass is 16.5. The second kappa shape index (κ2) is 19.9. The molecule has 1 heterocycles. The maximum atomic E-state index is 12.1. The van der Waals surface area contributed by atoms with Gasteiger partial charge in [0.2, 0.25) is 5.82 Å². The van der Waals surface area contributed by atoms with E-state index in [1.54, 1.807) is 6.07 Å². The normalized spacial score (nSPS) is 11.1. The lowest BCUT2D eigenvalue weighted by molar-refractivity contribution is -0.577. The van der Waals surface area contributed by atoms with Crippen LogP contribution in [0.15, 0.2) is 6.07 Å². The number of rotatable bonds is 22. The summed E-state index contributed by atoms with van der Waals surface area (Å²) in [5.74, 6) is 0.760. The Kier molecular flexibility index (Phi) is 17.6. The van der Waals surface area contributed by atoms with Crippen LogP contribution in [0.5, 0.6) is 5.88 Å². The van der Waals surface area contributed by atoms with Crippen molar-refractivity contribution in [2.24, 2.45) is 0 Å². The predicted molar refractivity (Wildman–Crippen MR) is 136 cm³/mol. The fourth-order valence-corrected chi connectivity index (χ4v) is 3.90. The van der Waals surface area contributed by atoms with Gasteiger partial charge in [-0.15, -0.1) is 0 Å². The molecule has 32 heavy (non-hydrogen) atoms. The van der Waals surface area contributed by atoms with E-state index in [0.717, 1.165) is 25.8 Å². The molecule has 0 bridgehead atoms. The quantitative estimate of drug-likeness (QED) is 0.111. The van der Waals surface area contributed by atoms with Crippen LogP contribution in [-0.2, 0) is 0 Å². The Balaban J connectivity index is 1.96. The molecule has 1 aromatic rings. The lowest BCUT2D eigenvalue weighted by Crippen LogP contribution is -2.36. The molecule has 0 aliphatic carbocycles. The molecule has 0 atom stereocenters. The predicted octanol–water partition coefficient (Wildman–Crippen LogP) is 7.15. The summed E-state index contributed by atoms with van der Waals surface area (Å²) < 4.78 is 6.21. The van der Waals surface area contributed by atoms with E-state index in [2.05, 4.69) is 24.1 Å². The van der Waals surface area contributed by atoms with Crippen LogP contribution >= 0.6 is 0 Å². The zero-order valence-corrected chi connectivity index (χ0v) is 21.0.